The number of nitrogens with zero attached hydrogens (tertiary/aromatic N) is 1. The van der Waals surface area contributed by atoms with Crippen LogP contribution in [0.3, 0.4) is 0 Å². The predicted octanol–water partition coefficient (Wildman–Crippen LogP) is 0.831. The Labute approximate surface area is 135 Å². The molecule has 0 saturated carbocycles. The highest BCUT2D eigenvalue weighted by Crippen LogP contribution is 2.11. The highest BCUT2D eigenvalue weighted by Gasteiger charge is 2.18. The van der Waals surface area contributed by atoms with Crippen LogP contribution in [0.1, 0.15) is 25.3 Å². The summed E-state index contributed by atoms with van der Waals surface area (Å²) in [5.74, 6) is -0.753. The molecule has 0 aliphatic carbocycles. The first kappa shape index (κ1) is 17.0. The Hall–Kier alpha value is -2.41. The van der Waals surface area contributed by atoms with Gasteiger partial charge in [-0.3, -0.25) is 9.59 Å². The molecule has 23 heavy (non-hydrogen) atoms. The van der Waals surface area contributed by atoms with Crippen molar-refractivity contribution >= 4 is 18.0 Å². The monoisotopic (exact) mass is 319 g/mol. The average Bonchev–Trinajstić information content (AvgIpc) is 3.08. The fourth-order valence-electron chi connectivity index (χ4n) is 2.13. The molecule has 1 aromatic rings. The van der Waals surface area contributed by atoms with Gasteiger partial charge in [-0.15, -0.1) is 0 Å². The van der Waals surface area contributed by atoms with E-state index in [0.29, 0.717) is 19.8 Å². The van der Waals surface area contributed by atoms with E-state index in [4.69, 9.17) is 9.47 Å². The van der Waals surface area contributed by atoms with Crippen LogP contribution in [0.5, 0.6) is 5.75 Å². The Kier molecular flexibility index (Phi) is 6.56. The third-order valence-electron chi connectivity index (χ3n) is 3.29. The molecule has 1 saturated heterocycles. The second kappa shape index (κ2) is 8.89. The summed E-state index contributed by atoms with van der Waals surface area (Å²) in [6.45, 7) is 3.56. The molecule has 7 nitrogen and oxygen atoms in total. The molecule has 1 aliphatic heterocycles. The van der Waals surface area contributed by atoms with E-state index in [2.05, 4.69) is 15.8 Å². The number of hydrogen-bond acceptors (Lipinski definition) is 5. The van der Waals surface area contributed by atoms with Gasteiger partial charge in [0.05, 0.1) is 18.9 Å². The molecule has 0 spiro atoms. The van der Waals surface area contributed by atoms with Crippen LogP contribution in [-0.2, 0) is 14.3 Å². The number of amides is 2. The summed E-state index contributed by atoms with van der Waals surface area (Å²) < 4.78 is 10.7. The number of rotatable bonds is 6. The van der Waals surface area contributed by atoms with Crippen molar-refractivity contribution in [2.45, 2.75) is 25.9 Å². The number of carbonyl (C=O) groups excluding carboxylic acids is 2. The van der Waals surface area contributed by atoms with Gasteiger partial charge in [-0.05, 0) is 49.6 Å². The molecule has 1 unspecified atom stereocenters. The van der Waals surface area contributed by atoms with Crippen LogP contribution in [0.4, 0.5) is 0 Å². The molecule has 7 heteroatoms. The largest absolute Gasteiger partial charge is 0.494 e. The van der Waals surface area contributed by atoms with Gasteiger partial charge in [0.2, 0.25) is 0 Å². The molecular formula is C16H21N3O4. The van der Waals surface area contributed by atoms with Crippen LogP contribution in [0.15, 0.2) is 29.4 Å². The van der Waals surface area contributed by atoms with E-state index in [9.17, 15) is 9.59 Å². The molecule has 2 N–H and O–H groups in total. The Morgan fingerprint density at radius 3 is 2.78 bits per heavy atom. The van der Waals surface area contributed by atoms with Crippen molar-refractivity contribution in [2.75, 3.05) is 19.8 Å². The standard InChI is InChI=1S/C16H21N3O4/c1-2-22-13-7-5-12(6-8-13)10-18-19-16(21)15(20)17-11-14-4-3-9-23-14/h5-8,10,14H,2-4,9,11H2,1H3,(H,17,20)(H,19,21). The van der Waals surface area contributed by atoms with Gasteiger partial charge in [0.1, 0.15) is 5.75 Å². The number of hydrogen-bond donors (Lipinski definition) is 2. The fraction of sp³-hybridized carbons (Fsp3) is 0.438. The van der Waals surface area contributed by atoms with Gasteiger partial charge in [-0.2, -0.15) is 5.10 Å². The Morgan fingerprint density at radius 2 is 2.13 bits per heavy atom. The Balaban J connectivity index is 1.72. The third kappa shape index (κ3) is 5.71. The molecule has 1 aromatic carbocycles. The van der Waals surface area contributed by atoms with Crippen LogP contribution in [0, 0.1) is 0 Å². The molecular weight excluding hydrogens is 298 g/mol. The molecule has 124 valence electrons. The number of hydrazone groups is 1. The maximum Gasteiger partial charge on any atom is 0.329 e. The molecule has 0 radical (unpaired) electrons. The van der Waals surface area contributed by atoms with Gasteiger partial charge in [-0.25, -0.2) is 5.43 Å². The van der Waals surface area contributed by atoms with E-state index >= 15 is 0 Å². The summed E-state index contributed by atoms with van der Waals surface area (Å²) >= 11 is 0. The van der Waals surface area contributed by atoms with Crippen LogP contribution < -0.4 is 15.5 Å². The van der Waals surface area contributed by atoms with E-state index in [1.165, 1.54) is 6.21 Å². The summed E-state index contributed by atoms with van der Waals surface area (Å²) in [5.41, 5.74) is 2.98. The van der Waals surface area contributed by atoms with Crippen molar-refractivity contribution in [3.05, 3.63) is 29.8 Å². The average molecular weight is 319 g/mol. The molecule has 1 fully saturated rings. The van der Waals surface area contributed by atoms with Gasteiger partial charge >= 0.3 is 11.8 Å². The van der Waals surface area contributed by atoms with E-state index < -0.39 is 11.8 Å². The van der Waals surface area contributed by atoms with E-state index in [-0.39, 0.29) is 6.10 Å². The minimum absolute atomic E-state index is 0.000828. The van der Waals surface area contributed by atoms with Gasteiger partial charge in [0.25, 0.3) is 0 Å². The number of nitrogens with one attached hydrogen (secondary N) is 2. The topological polar surface area (TPSA) is 89.0 Å². The molecule has 0 aromatic heterocycles. The summed E-state index contributed by atoms with van der Waals surface area (Å²) in [6, 6.07) is 7.22. The molecule has 1 heterocycles. The number of carbonyl (C=O) groups is 2. The Morgan fingerprint density at radius 1 is 1.35 bits per heavy atom. The minimum atomic E-state index is -0.801. The first-order valence-corrected chi connectivity index (χ1v) is 7.64. The first-order chi connectivity index (χ1) is 11.2. The summed E-state index contributed by atoms with van der Waals surface area (Å²) in [6.07, 6.45) is 3.34. The van der Waals surface area contributed by atoms with Gasteiger partial charge in [0.15, 0.2) is 0 Å². The SMILES string of the molecule is CCOc1ccc(C=NNC(=O)C(=O)NCC2CCCO2)cc1. The van der Waals surface area contributed by atoms with E-state index in [0.717, 1.165) is 24.2 Å². The van der Waals surface area contributed by atoms with E-state index in [1.807, 2.05) is 6.92 Å². The molecule has 1 aliphatic rings. The second-order valence-corrected chi connectivity index (χ2v) is 5.05. The molecule has 1 atom stereocenters. The van der Waals surface area contributed by atoms with Crippen molar-refractivity contribution in [3.8, 4) is 5.75 Å². The van der Waals surface area contributed by atoms with Crippen LogP contribution in [-0.4, -0.2) is 43.9 Å². The lowest BCUT2D eigenvalue weighted by Crippen LogP contribution is -2.41. The fourth-order valence-corrected chi connectivity index (χ4v) is 2.13. The van der Waals surface area contributed by atoms with Crippen molar-refractivity contribution in [1.29, 1.82) is 0 Å². The van der Waals surface area contributed by atoms with Gasteiger partial charge in [0, 0.05) is 13.2 Å². The predicted molar refractivity (Wildman–Crippen MR) is 85.3 cm³/mol. The normalized spacial score (nSPS) is 17.2. The zero-order valence-corrected chi connectivity index (χ0v) is 13.1. The summed E-state index contributed by atoms with van der Waals surface area (Å²) in [4.78, 5) is 23.2. The minimum Gasteiger partial charge on any atom is -0.494 e. The highest BCUT2D eigenvalue weighted by atomic mass is 16.5. The zero-order valence-electron chi connectivity index (χ0n) is 13.1. The lowest BCUT2D eigenvalue weighted by atomic mass is 10.2. The maximum atomic E-state index is 11.6. The molecule has 2 rings (SSSR count). The number of ether oxygens (including phenoxy) is 2. The summed E-state index contributed by atoms with van der Waals surface area (Å²) in [7, 11) is 0. The second-order valence-electron chi connectivity index (χ2n) is 5.05. The number of benzene rings is 1. The van der Waals surface area contributed by atoms with Crippen molar-refractivity contribution < 1.29 is 19.1 Å². The summed E-state index contributed by atoms with van der Waals surface area (Å²) in [5, 5.41) is 6.29. The van der Waals surface area contributed by atoms with Crippen molar-refractivity contribution in [2.24, 2.45) is 5.10 Å². The van der Waals surface area contributed by atoms with Crippen molar-refractivity contribution in [1.82, 2.24) is 10.7 Å². The highest BCUT2D eigenvalue weighted by molar-refractivity contribution is 6.35. The molecule has 0 bridgehead atoms. The lowest BCUT2D eigenvalue weighted by Gasteiger charge is -2.09. The van der Waals surface area contributed by atoms with Crippen LogP contribution in [0.2, 0.25) is 0 Å². The van der Waals surface area contributed by atoms with Gasteiger partial charge < -0.3 is 14.8 Å². The zero-order chi connectivity index (χ0) is 16.5. The maximum absolute atomic E-state index is 11.6. The molecule has 2 amide bonds. The quantitative estimate of drug-likeness (QED) is 0.462. The third-order valence-corrected chi connectivity index (χ3v) is 3.29. The van der Waals surface area contributed by atoms with Crippen molar-refractivity contribution in [3.63, 3.8) is 0 Å². The first-order valence-electron chi connectivity index (χ1n) is 7.64. The smallest absolute Gasteiger partial charge is 0.329 e. The van der Waals surface area contributed by atoms with Crippen LogP contribution in [0.25, 0.3) is 0 Å². The van der Waals surface area contributed by atoms with Gasteiger partial charge in [-0.1, -0.05) is 0 Å². The van der Waals surface area contributed by atoms with Crippen LogP contribution >= 0.6 is 0 Å². The van der Waals surface area contributed by atoms with E-state index in [1.54, 1.807) is 24.3 Å². The lowest BCUT2D eigenvalue weighted by molar-refractivity contribution is -0.139. The Bertz CT molecular complexity index is 551.